The largest absolute Gasteiger partial charge is 0.314 e. The second-order valence-electron chi connectivity index (χ2n) is 5.20. The molecule has 2 heteroatoms. The van der Waals surface area contributed by atoms with Crippen LogP contribution in [0.2, 0.25) is 0 Å². The summed E-state index contributed by atoms with van der Waals surface area (Å²) in [5.41, 5.74) is 0. The summed E-state index contributed by atoms with van der Waals surface area (Å²) in [4.78, 5) is 2.71. The fourth-order valence-electron chi connectivity index (χ4n) is 2.24. The molecule has 2 saturated carbocycles. The Kier molecular flexibility index (Phi) is 4.45. The Balaban J connectivity index is 1.46. The van der Waals surface area contributed by atoms with Crippen LogP contribution in [0.3, 0.4) is 0 Å². The van der Waals surface area contributed by atoms with E-state index >= 15 is 0 Å². The van der Waals surface area contributed by atoms with Gasteiger partial charge in [-0.15, -0.1) is 0 Å². The Morgan fingerprint density at radius 1 is 1.07 bits per heavy atom. The molecule has 0 saturated heterocycles. The normalized spacial score (nSPS) is 21.2. The standard InChI is InChI=1S/C13H26N2/c1-2-10-15(13-7-8-13)11-4-3-9-14-12-5-6-12/h12-14H,2-11H2,1H3. The number of unbranched alkanes of at least 4 members (excludes halogenated alkanes) is 1. The van der Waals surface area contributed by atoms with Crippen molar-refractivity contribution >= 4 is 0 Å². The molecule has 2 aliphatic rings. The summed E-state index contributed by atoms with van der Waals surface area (Å²) < 4.78 is 0. The minimum atomic E-state index is 0.889. The van der Waals surface area contributed by atoms with Gasteiger partial charge in [0.05, 0.1) is 0 Å². The Bertz CT molecular complexity index is 173. The molecule has 0 aromatic heterocycles. The molecule has 2 fully saturated rings. The summed E-state index contributed by atoms with van der Waals surface area (Å²) in [7, 11) is 0. The van der Waals surface area contributed by atoms with Gasteiger partial charge in [-0.05, 0) is 64.6 Å². The highest BCUT2D eigenvalue weighted by Gasteiger charge is 2.27. The van der Waals surface area contributed by atoms with Crippen molar-refractivity contribution in [1.29, 1.82) is 0 Å². The number of hydrogen-bond acceptors (Lipinski definition) is 2. The number of nitrogens with one attached hydrogen (secondary N) is 1. The fourth-order valence-corrected chi connectivity index (χ4v) is 2.24. The SMILES string of the molecule is CCCN(CCCCNC1CC1)C1CC1. The van der Waals surface area contributed by atoms with Gasteiger partial charge in [0.15, 0.2) is 0 Å². The maximum absolute atomic E-state index is 3.59. The molecule has 1 N–H and O–H groups in total. The van der Waals surface area contributed by atoms with Gasteiger partial charge < -0.3 is 10.2 Å². The predicted molar refractivity (Wildman–Crippen MR) is 65.1 cm³/mol. The van der Waals surface area contributed by atoms with Gasteiger partial charge in [0.1, 0.15) is 0 Å². The van der Waals surface area contributed by atoms with Gasteiger partial charge in [-0.25, -0.2) is 0 Å². The maximum atomic E-state index is 3.59. The van der Waals surface area contributed by atoms with Crippen LogP contribution < -0.4 is 5.32 Å². The molecular weight excluding hydrogens is 184 g/mol. The first-order valence-corrected chi connectivity index (χ1v) is 6.87. The molecular formula is C13H26N2. The lowest BCUT2D eigenvalue weighted by Crippen LogP contribution is -2.28. The van der Waals surface area contributed by atoms with Gasteiger partial charge >= 0.3 is 0 Å². The summed E-state index contributed by atoms with van der Waals surface area (Å²) in [5.74, 6) is 0. The number of hydrogen-bond donors (Lipinski definition) is 1. The minimum absolute atomic E-state index is 0.889. The summed E-state index contributed by atoms with van der Waals surface area (Å²) >= 11 is 0. The molecule has 15 heavy (non-hydrogen) atoms. The molecule has 0 amide bonds. The molecule has 0 bridgehead atoms. The maximum Gasteiger partial charge on any atom is 0.00964 e. The zero-order chi connectivity index (χ0) is 10.5. The average molecular weight is 210 g/mol. The van der Waals surface area contributed by atoms with Crippen LogP contribution in [0.25, 0.3) is 0 Å². The van der Waals surface area contributed by atoms with Crippen molar-refractivity contribution in [2.75, 3.05) is 19.6 Å². The molecule has 2 rings (SSSR count). The number of rotatable bonds is 9. The van der Waals surface area contributed by atoms with Gasteiger partial charge in [0.25, 0.3) is 0 Å². The third-order valence-electron chi connectivity index (χ3n) is 3.46. The van der Waals surface area contributed by atoms with E-state index in [2.05, 4.69) is 17.1 Å². The molecule has 2 nitrogen and oxygen atoms in total. The molecule has 0 aromatic rings. The van der Waals surface area contributed by atoms with E-state index in [0.717, 1.165) is 12.1 Å². The van der Waals surface area contributed by atoms with Crippen LogP contribution in [0.1, 0.15) is 51.9 Å². The van der Waals surface area contributed by atoms with E-state index in [1.54, 1.807) is 0 Å². The third-order valence-corrected chi connectivity index (χ3v) is 3.46. The highest BCUT2D eigenvalue weighted by atomic mass is 15.2. The van der Waals surface area contributed by atoms with E-state index in [0.29, 0.717) is 0 Å². The smallest absolute Gasteiger partial charge is 0.00964 e. The van der Waals surface area contributed by atoms with E-state index in [1.807, 2.05) is 0 Å². The summed E-state index contributed by atoms with van der Waals surface area (Å²) in [6, 6.07) is 1.85. The van der Waals surface area contributed by atoms with Crippen molar-refractivity contribution in [3.63, 3.8) is 0 Å². The van der Waals surface area contributed by atoms with E-state index in [4.69, 9.17) is 0 Å². The van der Waals surface area contributed by atoms with Gasteiger partial charge in [-0.1, -0.05) is 6.92 Å². The molecule has 0 aromatic carbocycles. The minimum Gasteiger partial charge on any atom is -0.314 e. The molecule has 2 aliphatic carbocycles. The first-order valence-electron chi connectivity index (χ1n) is 6.87. The Labute approximate surface area is 94.4 Å². The van der Waals surface area contributed by atoms with Crippen LogP contribution in [0.4, 0.5) is 0 Å². The second kappa shape index (κ2) is 5.86. The molecule has 0 atom stereocenters. The van der Waals surface area contributed by atoms with Gasteiger partial charge in [-0.2, -0.15) is 0 Å². The topological polar surface area (TPSA) is 15.3 Å². The van der Waals surface area contributed by atoms with E-state index in [-0.39, 0.29) is 0 Å². The van der Waals surface area contributed by atoms with Crippen molar-refractivity contribution in [2.24, 2.45) is 0 Å². The first-order chi connectivity index (χ1) is 7.40. The van der Waals surface area contributed by atoms with Crippen LogP contribution in [0, 0.1) is 0 Å². The summed E-state index contributed by atoms with van der Waals surface area (Å²) in [6.45, 7) is 6.20. The lowest BCUT2D eigenvalue weighted by atomic mass is 10.2. The van der Waals surface area contributed by atoms with Gasteiger partial charge in [0, 0.05) is 12.1 Å². The highest BCUT2D eigenvalue weighted by Crippen LogP contribution is 2.27. The van der Waals surface area contributed by atoms with Crippen molar-refractivity contribution in [3.05, 3.63) is 0 Å². The van der Waals surface area contributed by atoms with E-state index in [1.165, 1.54) is 64.6 Å². The van der Waals surface area contributed by atoms with Gasteiger partial charge in [-0.3, -0.25) is 0 Å². The molecule has 0 spiro atoms. The van der Waals surface area contributed by atoms with Crippen molar-refractivity contribution < 1.29 is 0 Å². The number of nitrogens with zero attached hydrogens (tertiary/aromatic N) is 1. The molecule has 0 unspecified atom stereocenters. The van der Waals surface area contributed by atoms with Crippen LogP contribution in [-0.2, 0) is 0 Å². The summed E-state index contributed by atoms with van der Waals surface area (Å²) in [5, 5.41) is 3.59. The third kappa shape index (κ3) is 4.52. The van der Waals surface area contributed by atoms with Gasteiger partial charge in [0.2, 0.25) is 0 Å². The van der Waals surface area contributed by atoms with Crippen LogP contribution >= 0.6 is 0 Å². The Morgan fingerprint density at radius 2 is 1.87 bits per heavy atom. The molecule has 0 radical (unpaired) electrons. The fraction of sp³-hybridized carbons (Fsp3) is 1.00. The Hall–Kier alpha value is -0.0800. The van der Waals surface area contributed by atoms with Crippen LogP contribution in [-0.4, -0.2) is 36.6 Å². The molecule has 0 heterocycles. The van der Waals surface area contributed by atoms with Crippen molar-refractivity contribution in [3.8, 4) is 0 Å². The Morgan fingerprint density at radius 3 is 2.47 bits per heavy atom. The zero-order valence-electron chi connectivity index (χ0n) is 10.2. The van der Waals surface area contributed by atoms with E-state index in [9.17, 15) is 0 Å². The summed E-state index contributed by atoms with van der Waals surface area (Å²) in [6.07, 6.45) is 9.82. The monoisotopic (exact) mass is 210 g/mol. The van der Waals surface area contributed by atoms with Crippen molar-refractivity contribution in [2.45, 2.75) is 64.0 Å². The predicted octanol–water partition coefficient (Wildman–Crippen LogP) is 2.39. The van der Waals surface area contributed by atoms with Crippen LogP contribution in [0.15, 0.2) is 0 Å². The lowest BCUT2D eigenvalue weighted by molar-refractivity contribution is 0.258. The zero-order valence-corrected chi connectivity index (χ0v) is 10.2. The lowest BCUT2D eigenvalue weighted by Gasteiger charge is -2.20. The van der Waals surface area contributed by atoms with E-state index < -0.39 is 0 Å². The first kappa shape index (κ1) is 11.4. The van der Waals surface area contributed by atoms with Crippen molar-refractivity contribution in [1.82, 2.24) is 10.2 Å². The molecule has 0 aliphatic heterocycles. The highest BCUT2D eigenvalue weighted by molar-refractivity contribution is 4.84. The molecule has 88 valence electrons. The average Bonchev–Trinajstić information content (AvgIpc) is 3.08. The van der Waals surface area contributed by atoms with Crippen LogP contribution in [0.5, 0.6) is 0 Å². The quantitative estimate of drug-likeness (QED) is 0.588. The second-order valence-corrected chi connectivity index (χ2v) is 5.20.